The molecule has 4 heterocycles. The number of nitrogens with zero attached hydrogens (tertiary/aromatic N) is 2. The molecular formula is C15H19N5OS. The number of thiophene rings is 1. The molecule has 2 aliphatic rings. The molecule has 2 aromatic rings. The maximum atomic E-state index is 12.5. The number of hydrogen-bond acceptors (Lipinski definition) is 6. The quantitative estimate of drug-likeness (QED) is 0.804. The second-order valence-electron chi connectivity index (χ2n) is 5.68. The van der Waals surface area contributed by atoms with Gasteiger partial charge in [0.15, 0.2) is 0 Å². The van der Waals surface area contributed by atoms with Crippen molar-refractivity contribution in [1.29, 1.82) is 0 Å². The Morgan fingerprint density at radius 1 is 1.36 bits per heavy atom. The van der Waals surface area contributed by atoms with E-state index in [4.69, 9.17) is 0 Å². The first kappa shape index (κ1) is 13.8. The molecule has 2 aromatic heterocycles. The summed E-state index contributed by atoms with van der Waals surface area (Å²) in [6.45, 7) is 4.58. The standard InChI is InChI=1S/C15H19N5OS/c21-14(16-5-8-20-6-1-2-7-20)13-12-11-10(18-9-19-12)3-4-17-15(11)22-13/h3-4,18-19H,1-2,5-9H2,(H,16,21). The monoisotopic (exact) mass is 317 g/mol. The Kier molecular flexibility index (Phi) is 3.59. The molecule has 4 rings (SSSR count). The average Bonchev–Trinajstić information content (AvgIpc) is 3.17. The van der Waals surface area contributed by atoms with E-state index >= 15 is 0 Å². The Morgan fingerprint density at radius 3 is 3.09 bits per heavy atom. The average molecular weight is 317 g/mol. The van der Waals surface area contributed by atoms with Crippen molar-refractivity contribution in [2.75, 3.05) is 43.5 Å². The Labute approximate surface area is 132 Å². The molecule has 116 valence electrons. The highest BCUT2D eigenvalue weighted by Gasteiger charge is 2.23. The van der Waals surface area contributed by atoms with Crippen molar-refractivity contribution in [3.05, 3.63) is 17.1 Å². The van der Waals surface area contributed by atoms with Gasteiger partial charge in [0.1, 0.15) is 9.71 Å². The summed E-state index contributed by atoms with van der Waals surface area (Å²) in [6, 6.07) is 1.95. The SMILES string of the molecule is O=C(NCCN1CCCC1)c1sc2nccc3c2c1NCN3. The highest BCUT2D eigenvalue weighted by molar-refractivity contribution is 7.21. The van der Waals surface area contributed by atoms with Gasteiger partial charge in [0, 0.05) is 25.0 Å². The summed E-state index contributed by atoms with van der Waals surface area (Å²) in [7, 11) is 0. The van der Waals surface area contributed by atoms with Crippen LogP contribution in [0.25, 0.3) is 10.2 Å². The number of anilines is 2. The van der Waals surface area contributed by atoms with E-state index in [2.05, 4.69) is 25.8 Å². The van der Waals surface area contributed by atoms with Gasteiger partial charge in [-0.2, -0.15) is 0 Å². The maximum Gasteiger partial charge on any atom is 0.263 e. The lowest BCUT2D eigenvalue weighted by atomic mass is 10.2. The van der Waals surface area contributed by atoms with E-state index in [0.717, 1.165) is 46.1 Å². The topological polar surface area (TPSA) is 69.3 Å². The second-order valence-corrected chi connectivity index (χ2v) is 6.68. The lowest BCUT2D eigenvalue weighted by Gasteiger charge is -2.18. The first-order chi connectivity index (χ1) is 10.8. The molecular weight excluding hydrogens is 298 g/mol. The third kappa shape index (κ3) is 2.40. The zero-order chi connectivity index (χ0) is 14.9. The van der Waals surface area contributed by atoms with E-state index in [-0.39, 0.29) is 5.91 Å². The summed E-state index contributed by atoms with van der Waals surface area (Å²) >= 11 is 1.45. The second kappa shape index (κ2) is 5.73. The number of amides is 1. The van der Waals surface area contributed by atoms with Crippen LogP contribution >= 0.6 is 11.3 Å². The molecule has 0 aromatic carbocycles. The van der Waals surface area contributed by atoms with Gasteiger partial charge in [0.2, 0.25) is 0 Å². The summed E-state index contributed by atoms with van der Waals surface area (Å²) in [5.41, 5.74) is 1.96. The molecule has 0 spiro atoms. The number of hydrogen-bond donors (Lipinski definition) is 3. The minimum atomic E-state index is -0.00227. The van der Waals surface area contributed by atoms with Gasteiger partial charge < -0.3 is 20.9 Å². The molecule has 3 N–H and O–H groups in total. The number of aromatic nitrogens is 1. The van der Waals surface area contributed by atoms with Crippen LogP contribution < -0.4 is 16.0 Å². The van der Waals surface area contributed by atoms with Gasteiger partial charge in [0.25, 0.3) is 5.91 Å². The van der Waals surface area contributed by atoms with E-state index < -0.39 is 0 Å². The van der Waals surface area contributed by atoms with E-state index in [1.54, 1.807) is 6.20 Å². The molecule has 1 fully saturated rings. The zero-order valence-corrected chi connectivity index (χ0v) is 13.1. The predicted molar refractivity (Wildman–Crippen MR) is 89.7 cm³/mol. The number of rotatable bonds is 4. The molecule has 0 unspecified atom stereocenters. The summed E-state index contributed by atoms with van der Waals surface area (Å²) in [5.74, 6) is -0.00227. The summed E-state index contributed by atoms with van der Waals surface area (Å²) < 4.78 is 0. The van der Waals surface area contributed by atoms with Gasteiger partial charge in [-0.25, -0.2) is 4.98 Å². The van der Waals surface area contributed by atoms with Crippen molar-refractivity contribution in [2.45, 2.75) is 12.8 Å². The number of carbonyl (C=O) groups excluding carboxylic acids is 1. The fourth-order valence-electron chi connectivity index (χ4n) is 3.14. The molecule has 2 aliphatic heterocycles. The minimum absolute atomic E-state index is 0.00227. The fourth-order valence-corrected chi connectivity index (χ4v) is 4.20. The Morgan fingerprint density at radius 2 is 2.23 bits per heavy atom. The lowest BCUT2D eigenvalue weighted by molar-refractivity contribution is 0.0954. The van der Waals surface area contributed by atoms with Crippen molar-refractivity contribution >= 4 is 38.8 Å². The Balaban J connectivity index is 1.51. The van der Waals surface area contributed by atoms with Gasteiger partial charge in [0.05, 0.1) is 17.7 Å². The van der Waals surface area contributed by atoms with E-state index in [1.165, 1.54) is 24.2 Å². The normalized spacial score (nSPS) is 17.3. The Bertz CT molecular complexity index is 707. The summed E-state index contributed by atoms with van der Waals surface area (Å²) in [5, 5.41) is 10.6. The molecule has 0 aliphatic carbocycles. The predicted octanol–water partition coefficient (Wildman–Crippen LogP) is 1.92. The molecule has 7 heteroatoms. The van der Waals surface area contributed by atoms with Crippen molar-refractivity contribution in [3.63, 3.8) is 0 Å². The van der Waals surface area contributed by atoms with Crippen LogP contribution in [0.3, 0.4) is 0 Å². The minimum Gasteiger partial charge on any atom is -0.367 e. The first-order valence-electron chi connectivity index (χ1n) is 7.73. The summed E-state index contributed by atoms with van der Waals surface area (Å²) in [4.78, 5) is 20.9. The molecule has 1 saturated heterocycles. The van der Waals surface area contributed by atoms with E-state index in [1.807, 2.05) is 6.07 Å². The van der Waals surface area contributed by atoms with Crippen LogP contribution in [0.2, 0.25) is 0 Å². The van der Waals surface area contributed by atoms with Crippen LogP contribution in [-0.4, -0.2) is 48.6 Å². The van der Waals surface area contributed by atoms with Crippen LogP contribution in [0, 0.1) is 0 Å². The molecule has 0 bridgehead atoms. The van der Waals surface area contributed by atoms with E-state index in [9.17, 15) is 4.79 Å². The third-order valence-corrected chi connectivity index (χ3v) is 5.35. The smallest absolute Gasteiger partial charge is 0.263 e. The molecule has 0 saturated carbocycles. The summed E-state index contributed by atoms with van der Waals surface area (Å²) in [6.07, 6.45) is 4.34. The van der Waals surface area contributed by atoms with Crippen molar-refractivity contribution in [1.82, 2.24) is 15.2 Å². The molecule has 0 radical (unpaired) electrons. The maximum absolute atomic E-state index is 12.5. The van der Waals surface area contributed by atoms with E-state index in [0.29, 0.717) is 13.2 Å². The van der Waals surface area contributed by atoms with Crippen molar-refractivity contribution in [3.8, 4) is 0 Å². The lowest BCUT2D eigenvalue weighted by Crippen LogP contribution is -2.33. The number of carbonyl (C=O) groups is 1. The van der Waals surface area contributed by atoms with Gasteiger partial charge in [-0.1, -0.05) is 0 Å². The largest absolute Gasteiger partial charge is 0.367 e. The molecule has 1 amide bonds. The van der Waals surface area contributed by atoms with Crippen LogP contribution in [0.15, 0.2) is 12.3 Å². The third-order valence-electron chi connectivity index (χ3n) is 4.25. The van der Waals surface area contributed by atoms with Crippen LogP contribution in [0.4, 0.5) is 11.4 Å². The molecule has 6 nitrogen and oxygen atoms in total. The molecule has 22 heavy (non-hydrogen) atoms. The van der Waals surface area contributed by atoms with Crippen LogP contribution in [-0.2, 0) is 0 Å². The van der Waals surface area contributed by atoms with Gasteiger partial charge in [-0.05, 0) is 32.0 Å². The van der Waals surface area contributed by atoms with Gasteiger partial charge in [-0.15, -0.1) is 11.3 Å². The number of nitrogens with one attached hydrogen (secondary N) is 3. The van der Waals surface area contributed by atoms with Crippen LogP contribution in [0.1, 0.15) is 22.5 Å². The first-order valence-corrected chi connectivity index (χ1v) is 8.54. The number of likely N-dealkylation sites (tertiary alicyclic amines) is 1. The van der Waals surface area contributed by atoms with Crippen LogP contribution in [0.5, 0.6) is 0 Å². The Hall–Kier alpha value is -1.86. The van der Waals surface area contributed by atoms with Gasteiger partial charge >= 0.3 is 0 Å². The highest BCUT2D eigenvalue weighted by Crippen LogP contribution is 2.40. The van der Waals surface area contributed by atoms with Crippen molar-refractivity contribution in [2.24, 2.45) is 0 Å². The van der Waals surface area contributed by atoms with Gasteiger partial charge in [-0.3, -0.25) is 4.79 Å². The van der Waals surface area contributed by atoms with Crippen molar-refractivity contribution < 1.29 is 4.79 Å². The highest BCUT2D eigenvalue weighted by atomic mass is 32.1. The fraction of sp³-hybridized carbons (Fsp3) is 0.467. The number of pyridine rings is 1. The molecule has 0 atom stereocenters. The zero-order valence-electron chi connectivity index (χ0n) is 12.3.